The molecular weight excluding hydrogens is 283 g/mol. The average Bonchev–Trinajstić information content (AvgIpc) is 2.28. The van der Waals surface area contributed by atoms with Gasteiger partial charge in [-0.3, -0.25) is 4.72 Å². The van der Waals surface area contributed by atoms with Gasteiger partial charge in [0.2, 0.25) is 10.0 Å². The van der Waals surface area contributed by atoms with E-state index in [1.807, 2.05) is 0 Å². The fraction of sp³-hybridized carbons (Fsp3) is 0.300. The van der Waals surface area contributed by atoms with E-state index in [4.69, 9.17) is 11.0 Å². The molecule has 0 saturated carbocycles. The molecule has 0 fully saturated rings. The largest absolute Gasteiger partial charge is 0.418 e. The van der Waals surface area contributed by atoms with Crippen molar-refractivity contribution in [2.24, 2.45) is 0 Å². The highest BCUT2D eigenvalue weighted by Gasteiger charge is 2.35. The molecule has 0 radical (unpaired) electrons. The Morgan fingerprint density at radius 3 is 2.47 bits per heavy atom. The summed E-state index contributed by atoms with van der Waals surface area (Å²) in [5.74, 6) is 0. The summed E-state index contributed by atoms with van der Waals surface area (Å²) in [6.07, 6.45) is -4.76. The summed E-state index contributed by atoms with van der Waals surface area (Å²) < 4.78 is 63.1. The smallest absolute Gasteiger partial charge is 0.399 e. The Labute approximate surface area is 107 Å². The van der Waals surface area contributed by atoms with Gasteiger partial charge in [0.15, 0.2) is 5.25 Å². The molecule has 9 heteroatoms. The van der Waals surface area contributed by atoms with Crippen LogP contribution in [0, 0.1) is 11.3 Å². The lowest BCUT2D eigenvalue weighted by atomic mass is 10.1. The van der Waals surface area contributed by atoms with E-state index in [2.05, 4.69) is 0 Å². The number of sulfonamides is 1. The first-order valence-electron chi connectivity index (χ1n) is 4.96. The minimum Gasteiger partial charge on any atom is -0.399 e. The monoisotopic (exact) mass is 293 g/mol. The van der Waals surface area contributed by atoms with Crippen LogP contribution in [0.2, 0.25) is 0 Å². The molecule has 3 N–H and O–H groups in total. The molecule has 0 amide bonds. The lowest BCUT2D eigenvalue weighted by molar-refractivity contribution is -0.136. The van der Waals surface area contributed by atoms with E-state index in [-0.39, 0.29) is 5.69 Å². The predicted molar refractivity (Wildman–Crippen MR) is 63.5 cm³/mol. The van der Waals surface area contributed by atoms with Crippen molar-refractivity contribution in [3.63, 3.8) is 0 Å². The Morgan fingerprint density at radius 1 is 1.42 bits per heavy atom. The van der Waals surface area contributed by atoms with Crippen LogP contribution in [0.1, 0.15) is 12.5 Å². The number of anilines is 2. The molecule has 0 spiro atoms. The van der Waals surface area contributed by atoms with E-state index < -0.39 is 32.7 Å². The van der Waals surface area contributed by atoms with E-state index in [9.17, 15) is 21.6 Å². The Morgan fingerprint density at radius 2 is 2.00 bits per heavy atom. The van der Waals surface area contributed by atoms with E-state index in [0.29, 0.717) is 6.07 Å². The van der Waals surface area contributed by atoms with Crippen LogP contribution in [0.3, 0.4) is 0 Å². The molecule has 0 heterocycles. The van der Waals surface area contributed by atoms with Crippen molar-refractivity contribution in [1.29, 1.82) is 5.26 Å². The highest BCUT2D eigenvalue weighted by Crippen LogP contribution is 2.36. The molecule has 0 aliphatic rings. The topological polar surface area (TPSA) is 96.0 Å². The van der Waals surface area contributed by atoms with Crippen LogP contribution in [-0.4, -0.2) is 13.7 Å². The first kappa shape index (κ1) is 15.1. The molecule has 1 atom stereocenters. The summed E-state index contributed by atoms with van der Waals surface area (Å²) in [5, 5.41) is 7.03. The molecule has 5 nitrogen and oxygen atoms in total. The van der Waals surface area contributed by atoms with E-state index in [1.165, 1.54) is 6.07 Å². The molecule has 104 valence electrons. The van der Waals surface area contributed by atoms with Crippen molar-refractivity contribution >= 4 is 21.4 Å². The number of nitrogen functional groups attached to an aromatic ring is 1. The zero-order valence-electron chi connectivity index (χ0n) is 9.69. The number of nitriles is 1. The molecule has 1 unspecified atom stereocenters. The van der Waals surface area contributed by atoms with Gasteiger partial charge < -0.3 is 5.73 Å². The van der Waals surface area contributed by atoms with Crippen LogP contribution in [0.25, 0.3) is 0 Å². The Hall–Kier alpha value is -1.95. The van der Waals surface area contributed by atoms with Crippen molar-refractivity contribution in [3.05, 3.63) is 23.8 Å². The van der Waals surface area contributed by atoms with Crippen LogP contribution >= 0.6 is 0 Å². The Bertz CT molecular complexity index is 620. The second kappa shape index (κ2) is 4.97. The SMILES string of the molecule is CC(C#N)S(=O)(=O)Nc1ccc(N)cc1C(F)(F)F. The van der Waals surface area contributed by atoms with Crippen LogP contribution in [0.5, 0.6) is 0 Å². The van der Waals surface area contributed by atoms with Gasteiger partial charge in [0.05, 0.1) is 17.3 Å². The highest BCUT2D eigenvalue weighted by atomic mass is 32.2. The highest BCUT2D eigenvalue weighted by molar-refractivity contribution is 7.93. The molecule has 0 aromatic heterocycles. The van der Waals surface area contributed by atoms with Gasteiger partial charge in [-0.15, -0.1) is 0 Å². The normalized spacial score (nSPS) is 13.6. The standard InChI is InChI=1S/C10H10F3N3O2S/c1-6(5-14)19(17,18)16-9-3-2-7(15)4-8(9)10(11,12)13/h2-4,6,16H,15H2,1H3. The third kappa shape index (κ3) is 3.51. The van der Waals surface area contributed by atoms with Gasteiger partial charge in [0.25, 0.3) is 0 Å². The van der Waals surface area contributed by atoms with Gasteiger partial charge in [0, 0.05) is 5.69 Å². The molecule has 0 saturated heterocycles. The molecule has 1 aromatic carbocycles. The summed E-state index contributed by atoms with van der Waals surface area (Å²) in [6, 6.07) is 4.09. The molecule has 19 heavy (non-hydrogen) atoms. The first-order chi connectivity index (χ1) is 8.58. The second-order valence-corrected chi connectivity index (χ2v) is 5.72. The van der Waals surface area contributed by atoms with Crippen molar-refractivity contribution in [2.45, 2.75) is 18.3 Å². The Balaban J connectivity index is 3.28. The number of hydrogen-bond acceptors (Lipinski definition) is 4. The van der Waals surface area contributed by atoms with E-state index >= 15 is 0 Å². The number of nitrogens with two attached hydrogens (primary N) is 1. The average molecular weight is 293 g/mol. The number of benzene rings is 1. The predicted octanol–water partition coefficient (Wildman–Crippen LogP) is 1.94. The van der Waals surface area contributed by atoms with Crippen LogP contribution in [0.15, 0.2) is 18.2 Å². The van der Waals surface area contributed by atoms with Crippen LogP contribution in [-0.2, 0) is 16.2 Å². The fourth-order valence-electron chi connectivity index (χ4n) is 1.20. The number of alkyl halides is 3. The van der Waals surface area contributed by atoms with Gasteiger partial charge in [-0.2, -0.15) is 18.4 Å². The summed E-state index contributed by atoms with van der Waals surface area (Å²) in [5.41, 5.74) is 3.22. The van der Waals surface area contributed by atoms with Crippen LogP contribution < -0.4 is 10.5 Å². The second-order valence-electron chi connectivity index (χ2n) is 3.72. The maximum Gasteiger partial charge on any atom is 0.418 e. The molecular formula is C10H10F3N3O2S. The first-order valence-corrected chi connectivity index (χ1v) is 6.50. The number of nitrogens with one attached hydrogen (secondary N) is 1. The van der Waals surface area contributed by atoms with Gasteiger partial charge >= 0.3 is 6.18 Å². The number of hydrogen-bond donors (Lipinski definition) is 2. The van der Waals surface area contributed by atoms with Crippen molar-refractivity contribution < 1.29 is 21.6 Å². The van der Waals surface area contributed by atoms with Gasteiger partial charge in [-0.05, 0) is 25.1 Å². The molecule has 0 aliphatic heterocycles. The lowest BCUT2D eigenvalue weighted by Gasteiger charge is -2.16. The third-order valence-electron chi connectivity index (χ3n) is 2.25. The van der Waals surface area contributed by atoms with E-state index in [0.717, 1.165) is 19.1 Å². The molecule has 0 aliphatic carbocycles. The molecule has 1 rings (SSSR count). The zero-order valence-corrected chi connectivity index (χ0v) is 10.5. The van der Waals surface area contributed by atoms with Crippen molar-refractivity contribution in [2.75, 3.05) is 10.5 Å². The quantitative estimate of drug-likeness (QED) is 0.832. The summed E-state index contributed by atoms with van der Waals surface area (Å²) in [4.78, 5) is 0. The van der Waals surface area contributed by atoms with E-state index in [1.54, 1.807) is 4.72 Å². The maximum atomic E-state index is 12.7. The Kier molecular flexibility index (Phi) is 3.95. The van der Waals surface area contributed by atoms with Gasteiger partial charge in [0.1, 0.15) is 0 Å². The fourth-order valence-corrected chi connectivity index (χ4v) is 2.00. The number of nitrogens with zero attached hydrogens (tertiary/aromatic N) is 1. The minimum atomic E-state index is -4.76. The zero-order chi connectivity index (χ0) is 14.8. The molecule has 0 bridgehead atoms. The van der Waals surface area contributed by atoms with Gasteiger partial charge in [-0.1, -0.05) is 0 Å². The number of rotatable bonds is 3. The van der Waals surface area contributed by atoms with Crippen LogP contribution in [0.4, 0.5) is 24.5 Å². The van der Waals surface area contributed by atoms with Crippen molar-refractivity contribution in [3.8, 4) is 6.07 Å². The van der Waals surface area contributed by atoms with Gasteiger partial charge in [-0.25, -0.2) is 8.42 Å². The minimum absolute atomic E-state index is 0.149. The lowest BCUT2D eigenvalue weighted by Crippen LogP contribution is -2.25. The maximum absolute atomic E-state index is 12.7. The summed E-state index contributed by atoms with van der Waals surface area (Å²) in [7, 11) is -4.21. The third-order valence-corrected chi connectivity index (χ3v) is 3.79. The van der Waals surface area contributed by atoms with Crippen molar-refractivity contribution in [1.82, 2.24) is 0 Å². The number of halogens is 3. The summed E-state index contributed by atoms with van der Waals surface area (Å²) >= 11 is 0. The molecule has 1 aromatic rings. The summed E-state index contributed by atoms with van der Waals surface area (Å²) in [6.45, 7) is 1.06.